The van der Waals surface area contributed by atoms with Crippen LogP contribution in [0.4, 0.5) is 0 Å². The largest absolute Gasteiger partial charge is 0.480 e. The summed E-state index contributed by atoms with van der Waals surface area (Å²) in [5.74, 6) is -2.51. The van der Waals surface area contributed by atoms with Gasteiger partial charge in [-0.25, -0.2) is 0 Å². The summed E-state index contributed by atoms with van der Waals surface area (Å²) in [5.41, 5.74) is -2.19. The van der Waals surface area contributed by atoms with E-state index in [1.807, 2.05) is 0 Å². The van der Waals surface area contributed by atoms with Crippen molar-refractivity contribution >= 4 is 35.4 Å². The van der Waals surface area contributed by atoms with Crippen LogP contribution in [0.2, 0.25) is 5.21 Å². The zero-order chi connectivity index (χ0) is 12.4. The van der Waals surface area contributed by atoms with E-state index in [-0.39, 0.29) is 0 Å². The lowest BCUT2D eigenvalue weighted by molar-refractivity contribution is -0.144. The molecule has 7 heteroatoms. The standard InChI is InChI=1S/C8H12B3NO3/c1-4(2)7(9,10)8(11,6(14)15)12-5(3)13/h4H,1-3H3,(H,12,13)(H,14,15). The third kappa shape index (κ3) is 2.58. The minimum Gasteiger partial charge on any atom is -0.480 e. The maximum absolute atomic E-state index is 11.0. The molecule has 0 aromatic rings. The Morgan fingerprint density at radius 3 is 1.87 bits per heavy atom. The van der Waals surface area contributed by atoms with Crippen LogP contribution in [0.25, 0.3) is 0 Å². The SMILES string of the molecule is [B]C(NC(C)=O)(C(=O)O)C([B])([B])C(C)C. The van der Waals surface area contributed by atoms with Crippen LogP contribution in [0, 0.1) is 5.92 Å². The molecule has 0 aliphatic heterocycles. The first-order valence-corrected chi connectivity index (χ1v) is 4.44. The van der Waals surface area contributed by atoms with Gasteiger partial charge in [-0.1, -0.05) is 25.0 Å². The van der Waals surface area contributed by atoms with E-state index < -0.39 is 28.4 Å². The molecule has 4 nitrogen and oxygen atoms in total. The molecule has 6 radical (unpaired) electrons. The van der Waals surface area contributed by atoms with Gasteiger partial charge in [-0.05, 0) is 0 Å². The summed E-state index contributed by atoms with van der Waals surface area (Å²) >= 11 is 0. The van der Waals surface area contributed by atoms with Gasteiger partial charge in [0.15, 0.2) is 0 Å². The number of carbonyl (C=O) groups excluding carboxylic acids is 1. The minimum absolute atomic E-state index is 0.426. The Morgan fingerprint density at radius 2 is 1.67 bits per heavy atom. The smallest absolute Gasteiger partial charge is 0.318 e. The fourth-order valence-corrected chi connectivity index (χ4v) is 1.08. The Morgan fingerprint density at radius 1 is 1.27 bits per heavy atom. The lowest BCUT2D eigenvalue weighted by Crippen LogP contribution is -2.64. The summed E-state index contributed by atoms with van der Waals surface area (Å²) in [7, 11) is 16.8. The maximum Gasteiger partial charge on any atom is 0.318 e. The van der Waals surface area contributed by atoms with Crippen LogP contribution < -0.4 is 5.32 Å². The summed E-state index contributed by atoms with van der Waals surface area (Å²) < 4.78 is 0. The van der Waals surface area contributed by atoms with E-state index in [1.165, 1.54) is 0 Å². The van der Waals surface area contributed by atoms with Crippen LogP contribution in [0.15, 0.2) is 0 Å². The fraction of sp³-hybridized carbons (Fsp3) is 0.750. The van der Waals surface area contributed by atoms with Crippen LogP contribution >= 0.6 is 0 Å². The van der Waals surface area contributed by atoms with Gasteiger partial charge in [-0.2, -0.15) is 0 Å². The summed E-state index contributed by atoms with van der Waals surface area (Å²) in [6.07, 6.45) is 0. The molecule has 0 aromatic heterocycles. The normalized spacial score (nSPS) is 15.7. The van der Waals surface area contributed by atoms with E-state index >= 15 is 0 Å². The van der Waals surface area contributed by atoms with E-state index in [1.54, 1.807) is 13.8 Å². The van der Waals surface area contributed by atoms with Crippen LogP contribution in [0.5, 0.6) is 0 Å². The highest BCUT2D eigenvalue weighted by Gasteiger charge is 2.47. The van der Waals surface area contributed by atoms with Crippen LogP contribution in [-0.4, -0.2) is 46.0 Å². The maximum atomic E-state index is 11.0. The Kier molecular flexibility index (Phi) is 4.08. The second-order valence-corrected chi connectivity index (χ2v) is 3.88. The lowest BCUT2D eigenvalue weighted by Gasteiger charge is -2.46. The predicted molar refractivity (Wildman–Crippen MR) is 59.0 cm³/mol. The van der Waals surface area contributed by atoms with Gasteiger partial charge in [0, 0.05) is 6.92 Å². The molecule has 0 bridgehead atoms. The van der Waals surface area contributed by atoms with E-state index in [9.17, 15) is 9.59 Å². The fourth-order valence-electron chi connectivity index (χ4n) is 1.08. The van der Waals surface area contributed by atoms with Crippen LogP contribution in [0.1, 0.15) is 20.8 Å². The zero-order valence-electron chi connectivity index (χ0n) is 9.07. The average Bonchev–Trinajstić information content (AvgIpc) is 2.01. The first-order valence-electron chi connectivity index (χ1n) is 4.44. The van der Waals surface area contributed by atoms with Crippen molar-refractivity contribution in [1.82, 2.24) is 5.32 Å². The van der Waals surface area contributed by atoms with E-state index in [4.69, 9.17) is 28.6 Å². The van der Waals surface area contributed by atoms with Crippen molar-refractivity contribution in [1.29, 1.82) is 0 Å². The number of hydrogen-bond donors (Lipinski definition) is 2. The van der Waals surface area contributed by atoms with E-state index in [2.05, 4.69) is 5.32 Å². The van der Waals surface area contributed by atoms with Gasteiger partial charge in [-0.15, -0.1) is 0 Å². The van der Waals surface area contributed by atoms with Crippen molar-refractivity contribution in [3.8, 4) is 0 Å². The Labute approximate surface area is 93.4 Å². The van der Waals surface area contributed by atoms with Crippen LogP contribution in [-0.2, 0) is 9.59 Å². The molecular formula is C8H12B3NO3. The molecule has 0 spiro atoms. The van der Waals surface area contributed by atoms with Gasteiger partial charge in [0.1, 0.15) is 7.85 Å². The van der Waals surface area contributed by atoms with E-state index in [0.29, 0.717) is 0 Å². The number of carbonyl (C=O) groups is 2. The number of nitrogens with one attached hydrogen (secondary N) is 1. The van der Waals surface area contributed by atoms with Gasteiger partial charge in [0.05, 0.1) is 21.1 Å². The number of amides is 1. The second kappa shape index (κ2) is 4.33. The molecule has 1 atom stereocenters. The van der Waals surface area contributed by atoms with Crippen molar-refractivity contribution in [2.75, 3.05) is 0 Å². The first-order chi connectivity index (χ1) is 6.55. The van der Waals surface area contributed by atoms with Crippen molar-refractivity contribution in [2.45, 2.75) is 31.4 Å². The first kappa shape index (κ1) is 14.1. The molecule has 1 unspecified atom stereocenters. The van der Waals surface area contributed by atoms with E-state index in [0.717, 1.165) is 6.92 Å². The lowest BCUT2D eigenvalue weighted by atomic mass is 9.36. The average molecular weight is 203 g/mol. The van der Waals surface area contributed by atoms with Crippen molar-refractivity contribution in [2.24, 2.45) is 5.92 Å². The predicted octanol–water partition coefficient (Wildman–Crippen LogP) is -0.819. The van der Waals surface area contributed by atoms with Gasteiger partial charge in [0.2, 0.25) is 5.91 Å². The van der Waals surface area contributed by atoms with Crippen molar-refractivity contribution in [3.05, 3.63) is 0 Å². The van der Waals surface area contributed by atoms with Gasteiger partial charge >= 0.3 is 5.97 Å². The summed E-state index contributed by atoms with van der Waals surface area (Å²) in [4.78, 5) is 21.9. The number of hydrogen-bond acceptors (Lipinski definition) is 2. The van der Waals surface area contributed by atoms with Crippen molar-refractivity contribution in [3.63, 3.8) is 0 Å². The highest BCUT2D eigenvalue weighted by Crippen LogP contribution is 2.37. The molecule has 0 saturated carbocycles. The molecule has 0 aliphatic carbocycles. The summed E-state index contributed by atoms with van der Waals surface area (Å²) in [5, 5.41) is 9.29. The summed E-state index contributed by atoms with van der Waals surface area (Å²) in [6.45, 7) is 4.37. The Balaban J connectivity index is 5.29. The molecule has 0 aliphatic rings. The summed E-state index contributed by atoms with van der Waals surface area (Å²) in [6, 6.07) is 0. The molecule has 76 valence electrons. The molecule has 2 N–H and O–H groups in total. The highest BCUT2D eigenvalue weighted by molar-refractivity contribution is 6.49. The van der Waals surface area contributed by atoms with Gasteiger partial charge in [0.25, 0.3) is 0 Å². The quantitative estimate of drug-likeness (QED) is 0.586. The number of carboxylic acids is 1. The van der Waals surface area contributed by atoms with Crippen LogP contribution in [0.3, 0.4) is 0 Å². The van der Waals surface area contributed by atoms with Gasteiger partial charge < -0.3 is 10.4 Å². The third-order valence-corrected chi connectivity index (χ3v) is 2.35. The molecule has 0 rings (SSSR count). The molecule has 1 amide bonds. The third-order valence-electron chi connectivity index (χ3n) is 2.35. The molecule has 15 heavy (non-hydrogen) atoms. The molecule has 0 heterocycles. The molecule has 0 saturated heterocycles. The molecular weight excluding hydrogens is 191 g/mol. The Hall–Kier alpha value is -0.865. The molecule has 0 fully saturated rings. The van der Waals surface area contributed by atoms with Gasteiger partial charge in [-0.3, -0.25) is 9.59 Å². The van der Waals surface area contributed by atoms with Crippen molar-refractivity contribution < 1.29 is 14.7 Å². The number of aliphatic carboxylic acids is 1. The second-order valence-electron chi connectivity index (χ2n) is 3.88. The Bertz CT molecular complexity index is 280. The highest BCUT2D eigenvalue weighted by atomic mass is 16.4. The molecule has 0 aromatic carbocycles. The topological polar surface area (TPSA) is 66.4 Å². The number of carboxylic acid groups (broad SMARTS) is 1. The zero-order valence-corrected chi connectivity index (χ0v) is 9.07. The monoisotopic (exact) mass is 203 g/mol. The number of rotatable bonds is 4. The minimum atomic E-state index is -2.19.